The smallest absolute Gasteiger partial charge is 0.307 e. The summed E-state index contributed by atoms with van der Waals surface area (Å²) < 4.78 is 11.0. The van der Waals surface area contributed by atoms with Gasteiger partial charge < -0.3 is 9.47 Å². The molecule has 0 spiro atoms. The summed E-state index contributed by atoms with van der Waals surface area (Å²) in [5.74, 6) is 0.728. The van der Waals surface area contributed by atoms with Crippen molar-refractivity contribution >= 4 is 28.7 Å². The summed E-state index contributed by atoms with van der Waals surface area (Å²) in [6.07, 6.45) is 1.14. The van der Waals surface area contributed by atoms with Gasteiger partial charge in [0.1, 0.15) is 5.82 Å². The fraction of sp³-hybridized carbons (Fsp3) is 0.333. The molecule has 7 heteroatoms. The quantitative estimate of drug-likeness (QED) is 0.518. The van der Waals surface area contributed by atoms with E-state index in [1.54, 1.807) is 24.3 Å². The third-order valence-corrected chi connectivity index (χ3v) is 5.28. The minimum Gasteiger partial charge on any atom is -0.481 e. The number of esters is 1. The number of pyridine rings is 2. The summed E-state index contributed by atoms with van der Waals surface area (Å²) >= 11 is 0. The summed E-state index contributed by atoms with van der Waals surface area (Å²) in [6.45, 7) is 4.24. The van der Waals surface area contributed by atoms with E-state index < -0.39 is 6.23 Å². The molecule has 0 bridgehead atoms. The number of fused-ring (bicyclic) bond motifs is 2. The number of benzene rings is 1. The van der Waals surface area contributed by atoms with Gasteiger partial charge in [0.15, 0.2) is 5.65 Å². The molecule has 1 amide bonds. The lowest BCUT2D eigenvalue weighted by atomic mass is 10.1. The van der Waals surface area contributed by atoms with Crippen LogP contribution in [0.1, 0.15) is 55.3 Å². The lowest BCUT2D eigenvalue weighted by molar-refractivity contribution is -0.149. The highest BCUT2D eigenvalue weighted by Crippen LogP contribution is 2.38. The standard InChI is InChI=1S/C24H25N3O4/c1-15(2)7-6-10-21(28)31-24-18-9-5-4-8-17(18)23(29)27(24)19-13-11-16-12-14-20(30-3)26-22(16)25-19/h4-5,8-9,11-15,24H,6-7,10H2,1-3H3. The zero-order valence-corrected chi connectivity index (χ0v) is 17.9. The Labute approximate surface area is 181 Å². The van der Waals surface area contributed by atoms with E-state index in [1.165, 1.54) is 12.0 Å². The zero-order chi connectivity index (χ0) is 22.0. The van der Waals surface area contributed by atoms with Gasteiger partial charge in [-0.3, -0.25) is 14.5 Å². The molecule has 1 unspecified atom stereocenters. The first-order chi connectivity index (χ1) is 15.0. The van der Waals surface area contributed by atoms with Crippen LogP contribution in [0.5, 0.6) is 5.88 Å². The first kappa shape index (κ1) is 20.8. The Morgan fingerprint density at radius 1 is 1.10 bits per heavy atom. The van der Waals surface area contributed by atoms with Crippen molar-refractivity contribution in [3.05, 3.63) is 59.7 Å². The highest BCUT2D eigenvalue weighted by atomic mass is 16.6. The molecule has 3 aromatic rings. The molecule has 0 saturated carbocycles. The number of nitrogens with zero attached hydrogens (tertiary/aromatic N) is 3. The van der Waals surface area contributed by atoms with Crippen LogP contribution in [0.2, 0.25) is 0 Å². The molecule has 0 fully saturated rings. The van der Waals surface area contributed by atoms with Crippen molar-refractivity contribution in [3.63, 3.8) is 0 Å². The lowest BCUT2D eigenvalue weighted by Gasteiger charge is -2.24. The highest BCUT2D eigenvalue weighted by molar-refractivity contribution is 6.10. The van der Waals surface area contributed by atoms with Gasteiger partial charge in [0.05, 0.1) is 7.11 Å². The third kappa shape index (κ3) is 4.21. The molecule has 31 heavy (non-hydrogen) atoms. The number of aromatic nitrogens is 2. The maximum absolute atomic E-state index is 13.2. The van der Waals surface area contributed by atoms with E-state index in [0.717, 1.165) is 18.2 Å². The fourth-order valence-electron chi connectivity index (χ4n) is 3.68. The van der Waals surface area contributed by atoms with E-state index in [1.807, 2.05) is 24.3 Å². The van der Waals surface area contributed by atoms with Crippen LogP contribution in [-0.2, 0) is 9.53 Å². The number of hydrogen-bond donors (Lipinski definition) is 0. The van der Waals surface area contributed by atoms with Crippen molar-refractivity contribution in [2.24, 2.45) is 5.92 Å². The van der Waals surface area contributed by atoms with Crippen LogP contribution < -0.4 is 9.64 Å². The van der Waals surface area contributed by atoms with Gasteiger partial charge in [0.2, 0.25) is 12.1 Å². The molecule has 0 saturated heterocycles. The Hall–Kier alpha value is -3.48. The van der Waals surface area contributed by atoms with Crippen molar-refractivity contribution in [1.29, 1.82) is 0 Å². The number of methoxy groups -OCH3 is 1. The second kappa shape index (κ2) is 8.71. The van der Waals surface area contributed by atoms with E-state index in [-0.39, 0.29) is 11.9 Å². The maximum Gasteiger partial charge on any atom is 0.307 e. The average Bonchev–Trinajstić information content (AvgIpc) is 3.04. The molecule has 1 aliphatic heterocycles. The van der Waals surface area contributed by atoms with Crippen LogP contribution >= 0.6 is 0 Å². The predicted octanol–water partition coefficient (Wildman–Crippen LogP) is 4.67. The van der Waals surface area contributed by atoms with Crippen molar-refractivity contribution in [3.8, 4) is 5.88 Å². The van der Waals surface area contributed by atoms with E-state index in [0.29, 0.717) is 40.8 Å². The van der Waals surface area contributed by atoms with E-state index in [2.05, 4.69) is 23.8 Å². The Morgan fingerprint density at radius 3 is 2.65 bits per heavy atom. The van der Waals surface area contributed by atoms with Crippen LogP contribution in [-0.4, -0.2) is 29.0 Å². The number of carbonyl (C=O) groups is 2. The minimum atomic E-state index is -0.856. The summed E-state index contributed by atoms with van der Waals surface area (Å²) in [5, 5.41) is 0.816. The normalized spacial score (nSPS) is 15.4. The molecular weight excluding hydrogens is 394 g/mol. The average molecular weight is 419 g/mol. The summed E-state index contributed by atoms with van der Waals surface area (Å²) in [4.78, 5) is 36.1. The highest BCUT2D eigenvalue weighted by Gasteiger charge is 2.40. The zero-order valence-electron chi connectivity index (χ0n) is 17.9. The molecule has 1 aliphatic rings. The number of amides is 1. The van der Waals surface area contributed by atoms with E-state index >= 15 is 0 Å². The first-order valence-corrected chi connectivity index (χ1v) is 10.4. The largest absolute Gasteiger partial charge is 0.481 e. The number of hydrogen-bond acceptors (Lipinski definition) is 6. The monoisotopic (exact) mass is 419 g/mol. The van der Waals surface area contributed by atoms with Crippen molar-refractivity contribution in [2.75, 3.05) is 12.0 Å². The van der Waals surface area contributed by atoms with Gasteiger partial charge in [-0.05, 0) is 36.6 Å². The molecule has 4 rings (SSSR count). The van der Waals surface area contributed by atoms with Gasteiger partial charge in [-0.15, -0.1) is 0 Å². The molecule has 0 N–H and O–H groups in total. The molecule has 160 valence electrons. The second-order valence-electron chi connectivity index (χ2n) is 7.96. The Kier molecular flexibility index (Phi) is 5.84. The van der Waals surface area contributed by atoms with Crippen molar-refractivity contribution in [1.82, 2.24) is 9.97 Å². The van der Waals surface area contributed by atoms with Gasteiger partial charge >= 0.3 is 5.97 Å². The first-order valence-electron chi connectivity index (χ1n) is 10.4. The SMILES string of the molecule is COc1ccc2ccc(N3C(=O)c4ccccc4C3OC(=O)CCCC(C)C)nc2n1. The summed E-state index contributed by atoms with van der Waals surface area (Å²) in [6, 6.07) is 14.3. The lowest BCUT2D eigenvalue weighted by Crippen LogP contribution is -2.31. The summed E-state index contributed by atoms with van der Waals surface area (Å²) in [7, 11) is 1.54. The van der Waals surface area contributed by atoms with Gasteiger partial charge in [-0.1, -0.05) is 38.5 Å². The number of ether oxygens (including phenoxy) is 2. The minimum absolute atomic E-state index is 0.259. The van der Waals surface area contributed by atoms with Gasteiger partial charge in [-0.2, -0.15) is 4.98 Å². The van der Waals surface area contributed by atoms with Crippen LogP contribution in [0.3, 0.4) is 0 Å². The Morgan fingerprint density at radius 2 is 1.87 bits per heavy atom. The number of carbonyl (C=O) groups excluding carboxylic acids is 2. The maximum atomic E-state index is 13.2. The van der Waals surface area contributed by atoms with Crippen LogP contribution in [0.4, 0.5) is 5.82 Å². The molecule has 0 aliphatic carbocycles. The van der Waals surface area contributed by atoms with Crippen LogP contribution in [0.25, 0.3) is 11.0 Å². The van der Waals surface area contributed by atoms with Crippen LogP contribution in [0, 0.1) is 5.92 Å². The van der Waals surface area contributed by atoms with Gasteiger partial charge in [-0.25, -0.2) is 4.98 Å². The van der Waals surface area contributed by atoms with Gasteiger partial charge in [0.25, 0.3) is 5.91 Å². The van der Waals surface area contributed by atoms with Gasteiger partial charge in [0, 0.05) is 29.0 Å². The number of anilines is 1. The Balaban J connectivity index is 1.67. The number of rotatable bonds is 7. The van der Waals surface area contributed by atoms with E-state index in [9.17, 15) is 9.59 Å². The molecule has 2 aromatic heterocycles. The molecule has 7 nitrogen and oxygen atoms in total. The summed E-state index contributed by atoms with van der Waals surface area (Å²) in [5.41, 5.74) is 1.61. The molecular formula is C24H25N3O4. The molecule has 1 atom stereocenters. The predicted molar refractivity (Wildman–Crippen MR) is 117 cm³/mol. The fourth-order valence-corrected chi connectivity index (χ4v) is 3.68. The molecule has 0 radical (unpaired) electrons. The molecule has 3 heterocycles. The Bertz CT molecular complexity index is 1130. The van der Waals surface area contributed by atoms with E-state index in [4.69, 9.17) is 9.47 Å². The molecule has 1 aromatic carbocycles. The third-order valence-electron chi connectivity index (χ3n) is 5.28. The second-order valence-corrected chi connectivity index (χ2v) is 7.96. The van der Waals surface area contributed by atoms with Crippen LogP contribution in [0.15, 0.2) is 48.5 Å². The van der Waals surface area contributed by atoms with Crippen molar-refractivity contribution < 1.29 is 19.1 Å². The topological polar surface area (TPSA) is 81.6 Å². The van der Waals surface area contributed by atoms with Crippen molar-refractivity contribution in [2.45, 2.75) is 39.3 Å².